The number of rotatable bonds is 6. The van der Waals surface area contributed by atoms with Crippen molar-refractivity contribution in [2.75, 3.05) is 6.54 Å². The SMILES string of the molecule is O=C(CCc1cc2ccccc2[nH]c1=O)NCCc1cccnc1. The summed E-state index contributed by atoms with van der Waals surface area (Å²) in [5, 5.41) is 3.86. The molecule has 0 atom stereocenters. The number of fused-ring (bicyclic) bond motifs is 1. The van der Waals surface area contributed by atoms with Crippen molar-refractivity contribution in [3.8, 4) is 0 Å². The number of aromatic nitrogens is 2. The third kappa shape index (κ3) is 4.07. The number of para-hydroxylation sites is 1. The molecule has 0 aliphatic carbocycles. The van der Waals surface area contributed by atoms with E-state index >= 15 is 0 Å². The first kappa shape index (κ1) is 15.9. The second kappa shape index (κ2) is 7.55. The number of amides is 1. The van der Waals surface area contributed by atoms with Gasteiger partial charge in [-0.15, -0.1) is 0 Å². The summed E-state index contributed by atoms with van der Waals surface area (Å²) in [5.74, 6) is -0.0496. The van der Waals surface area contributed by atoms with Gasteiger partial charge in [-0.05, 0) is 42.0 Å². The first-order chi connectivity index (χ1) is 11.7. The molecule has 0 radical (unpaired) electrons. The molecule has 3 aromatic rings. The highest BCUT2D eigenvalue weighted by Gasteiger charge is 2.06. The molecule has 122 valence electrons. The predicted octanol–water partition coefficient (Wildman–Crippen LogP) is 2.21. The molecule has 0 aliphatic heterocycles. The summed E-state index contributed by atoms with van der Waals surface area (Å²) in [5.41, 5.74) is 2.41. The maximum atomic E-state index is 12.1. The van der Waals surface area contributed by atoms with Crippen molar-refractivity contribution in [1.82, 2.24) is 15.3 Å². The summed E-state index contributed by atoms with van der Waals surface area (Å²) in [6.07, 6.45) is 4.99. The van der Waals surface area contributed by atoms with Crippen molar-refractivity contribution in [3.05, 3.63) is 76.3 Å². The van der Waals surface area contributed by atoms with E-state index in [1.807, 2.05) is 42.5 Å². The Morgan fingerprint density at radius 1 is 1.12 bits per heavy atom. The quantitative estimate of drug-likeness (QED) is 0.731. The molecule has 2 N–H and O–H groups in total. The fourth-order valence-electron chi connectivity index (χ4n) is 2.61. The molecule has 0 bridgehead atoms. The highest BCUT2D eigenvalue weighted by molar-refractivity contribution is 5.79. The van der Waals surface area contributed by atoms with Gasteiger partial charge in [0.1, 0.15) is 0 Å². The summed E-state index contributed by atoms with van der Waals surface area (Å²) >= 11 is 0. The maximum Gasteiger partial charge on any atom is 0.251 e. The zero-order valence-electron chi connectivity index (χ0n) is 13.3. The van der Waals surface area contributed by atoms with Crippen LogP contribution in [0.2, 0.25) is 0 Å². The number of nitrogens with zero attached hydrogens (tertiary/aromatic N) is 1. The van der Waals surface area contributed by atoms with Gasteiger partial charge in [0, 0.05) is 36.4 Å². The second-order valence-electron chi connectivity index (χ2n) is 5.67. The van der Waals surface area contributed by atoms with Gasteiger partial charge in [0.15, 0.2) is 0 Å². The lowest BCUT2D eigenvalue weighted by Crippen LogP contribution is -2.26. The van der Waals surface area contributed by atoms with Crippen molar-refractivity contribution in [3.63, 3.8) is 0 Å². The number of nitrogens with one attached hydrogen (secondary N) is 2. The largest absolute Gasteiger partial charge is 0.356 e. The first-order valence-electron chi connectivity index (χ1n) is 7.99. The summed E-state index contributed by atoms with van der Waals surface area (Å²) < 4.78 is 0. The Hall–Kier alpha value is -2.95. The third-order valence-electron chi connectivity index (χ3n) is 3.91. The highest BCUT2D eigenvalue weighted by Crippen LogP contribution is 2.11. The van der Waals surface area contributed by atoms with Crippen LogP contribution in [0.15, 0.2) is 59.7 Å². The number of aromatic amines is 1. The molecule has 2 heterocycles. The van der Waals surface area contributed by atoms with E-state index in [4.69, 9.17) is 0 Å². The molecule has 0 spiro atoms. The number of hydrogen-bond acceptors (Lipinski definition) is 3. The van der Waals surface area contributed by atoms with Crippen LogP contribution in [-0.2, 0) is 17.6 Å². The molecule has 3 rings (SSSR count). The number of carbonyl (C=O) groups is 1. The van der Waals surface area contributed by atoms with Crippen LogP contribution in [0.3, 0.4) is 0 Å². The summed E-state index contributed by atoms with van der Waals surface area (Å²) in [6.45, 7) is 0.568. The van der Waals surface area contributed by atoms with E-state index in [1.54, 1.807) is 12.4 Å². The lowest BCUT2D eigenvalue weighted by molar-refractivity contribution is -0.121. The van der Waals surface area contributed by atoms with Gasteiger partial charge in [0.2, 0.25) is 5.91 Å². The molecular formula is C19H19N3O2. The molecule has 5 nitrogen and oxygen atoms in total. The molecule has 1 amide bonds. The van der Waals surface area contributed by atoms with Gasteiger partial charge in [0.25, 0.3) is 5.56 Å². The monoisotopic (exact) mass is 321 g/mol. The molecule has 0 unspecified atom stereocenters. The van der Waals surface area contributed by atoms with Crippen LogP contribution in [0.4, 0.5) is 0 Å². The minimum absolute atomic E-state index is 0.0496. The number of H-pyrrole nitrogens is 1. The Morgan fingerprint density at radius 2 is 2.00 bits per heavy atom. The Balaban J connectivity index is 1.52. The van der Waals surface area contributed by atoms with Crippen molar-refractivity contribution >= 4 is 16.8 Å². The zero-order chi connectivity index (χ0) is 16.8. The molecule has 5 heteroatoms. The average molecular weight is 321 g/mol. The predicted molar refractivity (Wildman–Crippen MR) is 93.8 cm³/mol. The smallest absolute Gasteiger partial charge is 0.251 e. The van der Waals surface area contributed by atoms with Gasteiger partial charge < -0.3 is 10.3 Å². The van der Waals surface area contributed by atoms with Crippen molar-refractivity contribution in [2.45, 2.75) is 19.3 Å². The number of aryl methyl sites for hydroxylation is 1. The number of pyridine rings is 2. The lowest BCUT2D eigenvalue weighted by Gasteiger charge is -2.06. The molecular weight excluding hydrogens is 302 g/mol. The second-order valence-corrected chi connectivity index (χ2v) is 5.67. The summed E-state index contributed by atoms with van der Waals surface area (Å²) in [6, 6.07) is 13.3. The van der Waals surface area contributed by atoms with E-state index in [1.165, 1.54) is 0 Å². The van der Waals surface area contributed by atoms with Gasteiger partial charge in [-0.2, -0.15) is 0 Å². The molecule has 0 aliphatic rings. The van der Waals surface area contributed by atoms with Crippen LogP contribution in [-0.4, -0.2) is 22.4 Å². The summed E-state index contributed by atoms with van der Waals surface area (Å²) in [4.78, 5) is 30.9. The molecule has 0 saturated carbocycles. The average Bonchev–Trinajstić information content (AvgIpc) is 2.61. The van der Waals surface area contributed by atoms with Crippen molar-refractivity contribution in [2.24, 2.45) is 0 Å². The van der Waals surface area contributed by atoms with Gasteiger partial charge >= 0.3 is 0 Å². The molecule has 2 aromatic heterocycles. The minimum atomic E-state index is -0.128. The van der Waals surface area contributed by atoms with Crippen molar-refractivity contribution < 1.29 is 4.79 Å². The topological polar surface area (TPSA) is 74.8 Å². The Labute approximate surface area is 139 Å². The van der Waals surface area contributed by atoms with E-state index in [-0.39, 0.29) is 11.5 Å². The Bertz CT molecular complexity index is 888. The Kier molecular flexibility index (Phi) is 5.01. The van der Waals surface area contributed by atoms with Crippen LogP contribution in [0.5, 0.6) is 0 Å². The Morgan fingerprint density at radius 3 is 2.83 bits per heavy atom. The molecule has 24 heavy (non-hydrogen) atoms. The van der Waals surface area contributed by atoms with Gasteiger partial charge in [-0.3, -0.25) is 14.6 Å². The number of benzene rings is 1. The molecule has 0 saturated heterocycles. The summed E-state index contributed by atoms with van der Waals surface area (Å²) in [7, 11) is 0. The minimum Gasteiger partial charge on any atom is -0.356 e. The lowest BCUT2D eigenvalue weighted by atomic mass is 10.1. The standard InChI is InChI=1S/C19H19N3O2/c23-18(21-11-9-14-4-3-10-20-13-14)8-7-16-12-15-5-1-2-6-17(15)22-19(16)24/h1-6,10,12-13H,7-9,11H2,(H,21,23)(H,22,24). The molecule has 1 aromatic carbocycles. The van der Waals surface area contributed by atoms with Crippen LogP contribution < -0.4 is 10.9 Å². The zero-order valence-corrected chi connectivity index (χ0v) is 13.3. The van der Waals surface area contributed by atoms with Crippen LogP contribution in [0.25, 0.3) is 10.9 Å². The normalized spacial score (nSPS) is 10.7. The van der Waals surface area contributed by atoms with E-state index in [0.29, 0.717) is 24.9 Å². The third-order valence-corrected chi connectivity index (χ3v) is 3.91. The van der Waals surface area contributed by atoms with E-state index in [9.17, 15) is 9.59 Å². The first-order valence-corrected chi connectivity index (χ1v) is 7.99. The highest BCUT2D eigenvalue weighted by atomic mass is 16.1. The van der Waals surface area contributed by atoms with E-state index in [2.05, 4.69) is 15.3 Å². The fraction of sp³-hybridized carbons (Fsp3) is 0.211. The van der Waals surface area contributed by atoms with Crippen LogP contribution >= 0.6 is 0 Å². The van der Waals surface area contributed by atoms with Crippen LogP contribution in [0.1, 0.15) is 17.5 Å². The van der Waals surface area contributed by atoms with Gasteiger partial charge in [0.05, 0.1) is 0 Å². The fourth-order valence-corrected chi connectivity index (χ4v) is 2.61. The molecule has 0 fully saturated rings. The van der Waals surface area contributed by atoms with Gasteiger partial charge in [-0.25, -0.2) is 0 Å². The van der Waals surface area contributed by atoms with E-state index < -0.39 is 0 Å². The number of carbonyl (C=O) groups excluding carboxylic acids is 1. The van der Waals surface area contributed by atoms with E-state index in [0.717, 1.165) is 22.9 Å². The maximum absolute atomic E-state index is 12.1. The van der Waals surface area contributed by atoms with Gasteiger partial charge in [-0.1, -0.05) is 24.3 Å². The van der Waals surface area contributed by atoms with Crippen LogP contribution in [0, 0.1) is 0 Å². The van der Waals surface area contributed by atoms with Crippen molar-refractivity contribution in [1.29, 1.82) is 0 Å². The number of hydrogen-bond donors (Lipinski definition) is 2.